The predicted molar refractivity (Wildman–Crippen MR) is 122 cm³/mol. The average Bonchev–Trinajstić information content (AvgIpc) is 3.23. The molecule has 0 saturated carbocycles. The lowest BCUT2D eigenvalue weighted by molar-refractivity contribution is -0.132. The molecule has 32 heavy (non-hydrogen) atoms. The number of anilines is 2. The summed E-state index contributed by atoms with van der Waals surface area (Å²) in [6.45, 7) is 3.35. The van der Waals surface area contributed by atoms with E-state index in [1.165, 1.54) is 0 Å². The minimum absolute atomic E-state index is 0.0269. The number of carbonyl (C=O) groups is 1. The number of benzene rings is 2. The van der Waals surface area contributed by atoms with Gasteiger partial charge in [0.05, 0.1) is 22.7 Å². The SMILES string of the molecule is C[C@@]1(c2cccc(Nc3ccc4c(c3)OCO4)c2Cl)CC(=O)N(C2CCOCC2)C(N)=N1. The van der Waals surface area contributed by atoms with Crippen LogP contribution in [0.4, 0.5) is 11.4 Å². The van der Waals surface area contributed by atoms with E-state index in [0.717, 1.165) is 24.1 Å². The van der Waals surface area contributed by atoms with E-state index in [2.05, 4.69) is 5.32 Å². The number of guanidine groups is 1. The Morgan fingerprint density at radius 3 is 2.75 bits per heavy atom. The maximum atomic E-state index is 13.1. The van der Waals surface area contributed by atoms with Gasteiger partial charge in [-0.15, -0.1) is 0 Å². The molecule has 0 aromatic heterocycles. The normalized spacial score (nSPS) is 23.2. The lowest BCUT2D eigenvalue weighted by Crippen LogP contribution is -2.55. The van der Waals surface area contributed by atoms with Gasteiger partial charge in [0, 0.05) is 36.6 Å². The summed E-state index contributed by atoms with van der Waals surface area (Å²) in [6, 6.07) is 11.3. The smallest absolute Gasteiger partial charge is 0.232 e. The standard InChI is InChI=1S/C23H25ClN4O4/c1-23(12-20(29)28(22(25)27-23)15-7-9-30-10-8-15)16-3-2-4-17(21(16)24)26-14-5-6-18-19(11-14)32-13-31-18/h2-6,11,15,26H,7-10,12-13H2,1H3,(H2,25,27)/t23-/m0/s1. The van der Waals surface area contributed by atoms with Gasteiger partial charge in [0.2, 0.25) is 12.7 Å². The summed E-state index contributed by atoms with van der Waals surface area (Å²) < 4.78 is 16.2. The molecule has 5 rings (SSSR count). The molecule has 0 aliphatic carbocycles. The zero-order valence-electron chi connectivity index (χ0n) is 17.8. The molecule has 0 radical (unpaired) electrons. The summed E-state index contributed by atoms with van der Waals surface area (Å²) in [4.78, 5) is 19.5. The first-order valence-corrected chi connectivity index (χ1v) is 11.0. The zero-order chi connectivity index (χ0) is 22.3. The second kappa shape index (κ2) is 8.18. The number of hydrogen-bond donors (Lipinski definition) is 2. The van der Waals surface area contributed by atoms with E-state index in [1.54, 1.807) is 4.90 Å². The van der Waals surface area contributed by atoms with Crippen molar-refractivity contribution < 1.29 is 19.0 Å². The van der Waals surface area contributed by atoms with Crippen molar-refractivity contribution >= 4 is 34.8 Å². The molecule has 0 unspecified atom stereocenters. The number of nitrogens with two attached hydrogens (primary N) is 1. The molecule has 8 nitrogen and oxygen atoms in total. The van der Waals surface area contributed by atoms with Gasteiger partial charge in [0.25, 0.3) is 0 Å². The summed E-state index contributed by atoms with van der Waals surface area (Å²) in [5.74, 6) is 1.58. The molecule has 3 aliphatic heterocycles. The van der Waals surface area contributed by atoms with Crippen molar-refractivity contribution in [1.29, 1.82) is 0 Å². The van der Waals surface area contributed by atoms with Gasteiger partial charge in [-0.05, 0) is 38.0 Å². The molecular formula is C23H25ClN4O4. The topological polar surface area (TPSA) is 98.4 Å². The van der Waals surface area contributed by atoms with Gasteiger partial charge in [0.1, 0.15) is 0 Å². The predicted octanol–water partition coefficient (Wildman–Crippen LogP) is 3.75. The second-order valence-corrected chi connectivity index (χ2v) is 8.77. The highest BCUT2D eigenvalue weighted by Crippen LogP contribution is 2.42. The number of rotatable bonds is 4. The molecule has 1 saturated heterocycles. The Bertz CT molecular complexity index is 1090. The third kappa shape index (κ3) is 3.73. The number of aliphatic imine (C=N–C) groups is 1. The van der Waals surface area contributed by atoms with Crippen LogP contribution in [0.25, 0.3) is 0 Å². The van der Waals surface area contributed by atoms with E-state index >= 15 is 0 Å². The van der Waals surface area contributed by atoms with Crippen LogP contribution in [0.1, 0.15) is 31.7 Å². The Morgan fingerprint density at radius 1 is 1.19 bits per heavy atom. The zero-order valence-corrected chi connectivity index (χ0v) is 18.5. The number of ether oxygens (including phenoxy) is 3. The van der Waals surface area contributed by atoms with Crippen molar-refractivity contribution in [3.05, 3.63) is 47.0 Å². The van der Waals surface area contributed by atoms with Crippen LogP contribution >= 0.6 is 11.6 Å². The second-order valence-electron chi connectivity index (χ2n) is 8.39. The highest BCUT2D eigenvalue weighted by atomic mass is 35.5. The van der Waals surface area contributed by atoms with Crippen LogP contribution in [0, 0.1) is 0 Å². The number of nitrogens with zero attached hydrogens (tertiary/aromatic N) is 2. The summed E-state index contributed by atoms with van der Waals surface area (Å²) in [5.41, 5.74) is 7.71. The Labute approximate surface area is 191 Å². The van der Waals surface area contributed by atoms with Crippen LogP contribution in [0.3, 0.4) is 0 Å². The molecule has 0 bridgehead atoms. The van der Waals surface area contributed by atoms with Gasteiger partial charge in [-0.25, -0.2) is 4.99 Å². The first-order chi connectivity index (χ1) is 15.4. The number of nitrogens with one attached hydrogen (secondary N) is 1. The Kier molecular flexibility index (Phi) is 5.35. The molecule has 1 atom stereocenters. The van der Waals surface area contributed by atoms with Gasteiger partial charge in [0.15, 0.2) is 17.5 Å². The molecule has 9 heteroatoms. The molecule has 3 aliphatic rings. The van der Waals surface area contributed by atoms with Crippen LogP contribution in [0.15, 0.2) is 41.4 Å². The minimum atomic E-state index is -0.855. The maximum absolute atomic E-state index is 13.1. The highest BCUT2D eigenvalue weighted by molar-refractivity contribution is 6.34. The number of fused-ring (bicyclic) bond motifs is 1. The van der Waals surface area contributed by atoms with Crippen LogP contribution in [-0.2, 0) is 15.1 Å². The Hall–Kier alpha value is -2.97. The van der Waals surface area contributed by atoms with E-state index in [1.807, 2.05) is 43.3 Å². The van der Waals surface area contributed by atoms with E-state index in [0.29, 0.717) is 35.4 Å². The van der Waals surface area contributed by atoms with Crippen molar-refractivity contribution in [3.8, 4) is 11.5 Å². The third-order valence-corrected chi connectivity index (χ3v) is 6.57. The van der Waals surface area contributed by atoms with Crippen LogP contribution in [0.5, 0.6) is 11.5 Å². The highest BCUT2D eigenvalue weighted by Gasteiger charge is 2.41. The first-order valence-electron chi connectivity index (χ1n) is 10.7. The molecule has 1 amide bonds. The fourth-order valence-corrected chi connectivity index (χ4v) is 4.89. The van der Waals surface area contributed by atoms with Crippen molar-refractivity contribution in [2.24, 2.45) is 10.7 Å². The van der Waals surface area contributed by atoms with E-state index in [9.17, 15) is 4.79 Å². The van der Waals surface area contributed by atoms with Crippen LogP contribution in [-0.4, -0.2) is 42.8 Å². The molecule has 1 fully saturated rings. The molecule has 168 valence electrons. The molecule has 2 aromatic carbocycles. The average molecular weight is 457 g/mol. The van der Waals surface area contributed by atoms with Gasteiger partial charge in [-0.1, -0.05) is 23.7 Å². The van der Waals surface area contributed by atoms with Crippen LogP contribution in [0.2, 0.25) is 5.02 Å². The maximum Gasteiger partial charge on any atom is 0.232 e. The van der Waals surface area contributed by atoms with Crippen molar-refractivity contribution in [1.82, 2.24) is 4.90 Å². The number of carbonyl (C=O) groups excluding carboxylic acids is 1. The van der Waals surface area contributed by atoms with Crippen molar-refractivity contribution in [3.63, 3.8) is 0 Å². The fourth-order valence-electron chi connectivity index (χ4n) is 4.52. The van der Waals surface area contributed by atoms with Crippen molar-refractivity contribution in [2.75, 3.05) is 25.3 Å². The Morgan fingerprint density at radius 2 is 1.97 bits per heavy atom. The quantitative estimate of drug-likeness (QED) is 0.727. The number of amides is 1. The molecule has 0 spiro atoms. The van der Waals surface area contributed by atoms with E-state index in [4.69, 9.17) is 36.5 Å². The summed E-state index contributed by atoms with van der Waals surface area (Å²) in [6.07, 6.45) is 1.71. The lowest BCUT2D eigenvalue weighted by atomic mass is 9.86. The largest absolute Gasteiger partial charge is 0.454 e. The lowest BCUT2D eigenvalue weighted by Gasteiger charge is -2.40. The van der Waals surface area contributed by atoms with Crippen LogP contribution < -0.4 is 20.5 Å². The molecule has 2 aromatic rings. The monoisotopic (exact) mass is 456 g/mol. The first kappa shape index (κ1) is 20.9. The van der Waals surface area contributed by atoms with Gasteiger partial charge in [-0.3, -0.25) is 9.69 Å². The van der Waals surface area contributed by atoms with Gasteiger partial charge in [-0.2, -0.15) is 0 Å². The van der Waals surface area contributed by atoms with E-state index < -0.39 is 5.54 Å². The molecule has 3 N–H and O–H groups in total. The molecule has 3 heterocycles. The summed E-state index contributed by atoms with van der Waals surface area (Å²) in [7, 11) is 0. The number of halogens is 1. The van der Waals surface area contributed by atoms with Gasteiger partial charge < -0.3 is 25.3 Å². The minimum Gasteiger partial charge on any atom is -0.454 e. The van der Waals surface area contributed by atoms with Gasteiger partial charge >= 0.3 is 0 Å². The fraction of sp³-hybridized carbons (Fsp3) is 0.391. The summed E-state index contributed by atoms with van der Waals surface area (Å²) in [5, 5.41) is 3.82. The summed E-state index contributed by atoms with van der Waals surface area (Å²) >= 11 is 6.81. The molecular weight excluding hydrogens is 432 g/mol. The third-order valence-electron chi connectivity index (χ3n) is 6.16. The number of hydrogen-bond acceptors (Lipinski definition) is 7. The Balaban J connectivity index is 1.43. The van der Waals surface area contributed by atoms with E-state index in [-0.39, 0.29) is 31.1 Å². The van der Waals surface area contributed by atoms with Crippen molar-refractivity contribution in [2.45, 2.75) is 37.8 Å².